The Labute approximate surface area is 137 Å². The average Bonchev–Trinajstić information content (AvgIpc) is 2.61. The van der Waals surface area contributed by atoms with Crippen LogP contribution in [0.4, 0.5) is 5.69 Å². The number of hydrogen-bond acceptors (Lipinski definition) is 2. The monoisotopic (exact) mass is 300 g/mol. The normalized spacial score (nSPS) is 10.9. The molecule has 0 saturated carbocycles. The summed E-state index contributed by atoms with van der Waals surface area (Å²) >= 11 is 0. The second-order valence-electron chi connectivity index (χ2n) is 5.66. The van der Waals surface area contributed by atoms with Crippen molar-refractivity contribution in [1.82, 2.24) is 4.98 Å². The van der Waals surface area contributed by atoms with E-state index in [2.05, 4.69) is 70.6 Å². The molecule has 0 aliphatic heterocycles. The lowest BCUT2D eigenvalue weighted by Crippen LogP contribution is -2.07. The number of hydrogen-bond donors (Lipinski definition) is 0. The molecule has 114 valence electrons. The topological polar surface area (TPSA) is 16.1 Å². The van der Waals surface area contributed by atoms with E-state index in [9.17, 15) is 0 Å². The molecule has 3 rings (SSSR count). The van der Waals surface area contributed by atoms with Crippen LogP contribution in [0.25, 0.3) is 23.4 Å². The van der Waals surface area contributed by atoms with Gasteiger partial charge in [-0.2, -0.15) is 0 Å². The molecule has 0 N–H and O–H groups in total. The maximum Gasteiger partial charge on any atom is 0.0702 e. The van der Waals surface area contributed by atoms with Crippen molar-refractivity contribution < 1.29 is 0 Å². The molecule has 0 atom stereocenters. The van der Waals surface area contributed by atoms with Crippen molar-refractivity contribution in [2.75, 3.05) is 19.0 Å². The predicted octanol–water partition coefficient (Wildman–Crippen LogP) is 4.99. The maximum absolute atomic E-state index is 4.41. The minimum atomic E-state index is 0.998. The Morgan fingerprint density at radius 2 is 1.57 bits per heavy atom. The summed E-state index contributed by atoms with van der Waals surface area (Å²) in [4.78, 5) is 6.51. The lowest BCUT2D eigenvalue weighted by molar-refractivity contribution is 1.13. The molecule has 0 saturated heterocycles. The van der Waals surface area contributed by atoms with Gasteiger partial charge in [0.15, 0.2) is 0 Å². The third-order valence-electron chi connectivity index (χ3n) is 3.73. The minimum Gasteiger partial charge on any atom is -0.378 e. The van der Waals surface area contributed by atoms with Crippen LogP contribution in [-0.4, -0.2) is 19.1 Å². The van der Waals surface area contributed by atoms with E-state index in [0.29, 0.717) is 0 Å². The molecule has 0 amide bonds. The van der Waals surface area contributed by atoms with E-state index >= 15 is 0 Å². The van der Waals surface area contributed by atoms with E-state index in [0.717, 1.165) is 11.3 Å². The average molecular weight is 300 g/mol. The first-order valence-corrected chi connectivity index (χ1v) is 7.69. The number of pyridine rings is 1. The molecule has 1 heterocycles. The highest BCUT2D eigenvalue weighted by atomic mass is 15.1. The van der Waals surface area contributed by atoms with Gasteiger partial charge in [0.1, 0.15) is 0 Å². The quantitative estimate of drug-likeness (QED) is 0.631. The first-order valence-electron chi connectivity index (χ1n) is 7.69. The third-order valence-corrected chi connectivity index (χ3v) is 3.73. The Kier molecular flexibility index (Phi) is 4.53. The van der Waals surface area contributed by atoms with Gasteiger partial charge in [0, 0.05) is 31.5 Å². The molecule has 2 aromatic carbocycles. The van der Waals surface area contributed by atoms with Crippen LogP contribution in [0, 0.1) is 0 Å². The van der Waals surface area contributed by atoms with Crippen molar-refractivity contribution in [3.05, 3.63) is 84.1 Å². The molecule has 0 bridgehead atoms. The molecule has 0 aliphatic rings. The van der Waals surface area contributed by atoms with Crippen molar-refractivity contribution >= 4 is 17.8 Å². The van der Waals surface area contributed by atoms with Gasteiger partial charge in [0.05, 0.1) is 5.69 Å². The second kappa shape index (κ2) is 6.93. The lowest BCUT2D eigenvalue weighted by Gasteiger charge is -2.11. The summed E-state index contributed by atoms with van der Waals surface area (Å²) in [5.74, 6) is 0. The van der Waals surface area contributed by atoms with E-state index < -0.39 is 0 Å². The number of anilines is 1. The van der Waals surface area contributed by atoms with E-state index in [1.807, 2.05) is 38.5 Å². The van der Waals surface area contributed by atoms with Crippen LogP contribution in [0.3, 0.4) is 0 Å². The second-order valence-corrected chi connectivity index (χ2v) is 5.66. The van der Waals surface area contributed by atoms with Gasteiger partial charge < -0.3 is 4.90 Å². The van der Waals surface area contributed by atoms with Gasteiger partial charge in [-0.3, -0.25) is 4.98 Å². The summed E-state index contributed by atoms with van der Waals surface area (Å²) in [6.45, 7) is 0. The molecular formula is C21H20N2. The van der Waals surface area contributed by atoms with Gasteiger partial charge in [0.2, 0.25) is 0 Å². The van der Waals surface area contributed by atoms with Crippen LogP contribution in [0.2, 0.25) is 0 Å². The zero-order valence-electron chi connectivity index (χ0n) is 13.5. The molecule has 0 fully saturated rings. The third kappa shape index (κ3) is 3.86. The van der Waals surface area contributed by atoms with Gasteiger partial charge in [-0.05, 0) is 41.5 Å². The smallest absolute Gasteiger partial charge is 0.0702 e. The standard InChI is InChI=1S/C21H20N2/c1-23(2)20-13-11-17(12-14-20)9-10-18-6-5-7-19(16-18)21-8-3-4-15-22-21/h3-16H,1-2H3/b10-9+. The highest BCUT2D eigenvalue weighted by Crippen LogP contribution is 2.19. The number of benzene rings is 2. The predicted molar refractivity (Wildman–Crippen MR) is 99.4 cm³/mol. The van der Waals surface area contributed by atoms with Gasteiger partial charge in [-0.1, -0.05) is 48.6 Å². The fourth-order valence-corrected chi connectivity index (χ4v) is 2.41. The summed E-state index contributed by atoms with van der Waals surface area (Å²) in [7, 11) is 4.10. The summed E-state index contributed by atoms with van der Waals surface area (Å²) in [6.07, 6.45) is 6.10. The molecule has 1 aromatic heterocycles. The van der Waals surface area contributed by atoms with Gasteiger partial charge in [-0.25, -0.2) is 0 Å². The Balaban J connectivity index is 1.80. The van der Waals surface area contributed by atoms with Gasteiger partial charge >= 0.3 is 0 Å². The van der Waals surface area contributed by atoms with Crippen LogP contribution in [0.15, 0.2) is 72.9 Å². The Morgan fingerprint density at radius 1 is 0.783 bits per heavy atom. The van der Waals surface area contributed by atoms with Crippen LogP contribution < -0.4 is 4.90 Å². The zero-order chi connectivity index (χ0) is 16.1. The molecule has 2 nitrogen and oxygen atoms in total. The maximum atomic E-state index is 4.41. The lowest BCUT2D eigenvalue weighted by atomic mass is 10.1. The summed E-state index contributed by atoms with van der Waals surface area (Å²) in [5.41, 5.74) is 5.71. The van der Waals surface area contributed by atoms with E-state index in [1.54, 1.807) is 0 Å². The van der Waals surface area contributed by atoms with Crippen molar-refractivity contribution in [3.63, 3.8) is 0 Å². The highest BCUT2D eigenvalue weighted by Gasteiger charge is 1.98. The van der Waals surface area contributed by atoms with Crippen LogP contribution >= 0.6 is 0 Å². The molecule has 3 aromatic rings. The van der Waals surface area contributed by atoms with Crippen LogP contribution in [0.5, 0.6) is 0 Å². The molecule has 2 heteroatoms. The first-order chi connectivity index (χ1) is 11.2. The summed E-state index contributed by atoms with van der Waals surface area (Å²) < 4.78 is 0. The zero-order valence-corrected chi connectivity index (χ0v) is 13.5. The molecule has 23 heavy (non-hydrogen) atoms. The van der Waals surface area contributed by atoms with Crippen LogP contribution in [0.1, 0.15) is 11.1 Å². The van der Waals surface area contributed by atoms with E-state index in [1.165, 1.54) is 16.8 Å². The SMILES string of the molecule is CN(C)c1ccc(/C=C/c2cccc(-c3ccccn3)c2)cc1. The van der Waals surface area contributed by atoms with E-state index in [4.69, 9.17) is 0 Å². The number of aromatic nitrogens is 1. The summed E-state index contributed by atoms with van der Waals surface area (Å²) in [6, 6.07) is 22.9. The fourth-order valence-electron chi connectivity index (χ4n) is 2.41. The minimum absolute atomic E-state index is 0.998. The fraction of sp³-hybridized carbons (Fsp3) is 0.0952. The van der Waals surface area contributed by atoms with Crippen LogP contribution in [-0.2, 0) is 0 Å². The van der Waals surface area contributed by atoms with E-state index in [-0.39, 0.29) is 0 Å². The van der Waals surface area contributed by atoms with Gasteiger partial charge in [-0.15, -0.1) is 0 Å². The van der Waals surface area contributed by atoms with Crippen molar-refractivity contribution in [3.8, 4) is 11.3 Å². The van der Waals surface area contributed by atoms with Crippen molar-refractivity contribution in [1.29, 1.82) is 0 Å². The van der Waals surface area contributed by atoms with Crippen molar-refractivity contribution in [2.45, 2.75) is 0 Å². The molecule has 0 spiro atoms. The van der Waals surface area contributed by atoms with Gasteiger partial charge in [0.25, 0.3) is 0 Å². The Bertz CT molecular complexity index is 788. The molecular weight excluding hydrogens is 280 g/mol. The largest absolute Gasteiger partial charge is 0.378 e. The number of nitrogens with zero attached hydrogens (tertiary/aromatic N) is 2. The molecule has 0 unspecified atom stereocenters. The molecule has 0 radical (unpaired) electrons. The highest BCUT2D eigenvalue weighted by molar-refractivity contribution is 5.73. The first kappa shape index (κ1) is 15.0. The Morgan fingerprint density at radius 3 is 2.26 bits per heavy atom. The summed E-state index contributed by atoms with van der Waals surface area (Å²) in [5, 5.41) is 0. The van der Waals surface area contributed by atoms with Crippen molar-refractivity contribution in [2.24, 2.45) is 0 Å². The Hall–Kier alpha value is -2.87. The number of rotatable bonds is 4. The molecule has 0 aliphatic carbocycles.